The maximum absolute atomic E-state index is 6.12. The fraction of sp³-hybridized carbons (Fsp3) is 1.00. The molecule has 0 aromatic heterocycles. The number of rotatable bonds is 2. The second-order valence-corrected chi connectivity index (χ2v) is 4.94. The Bertz CT molecular complexity index is 166. The standard InChI is InChI=1S/C12H23NO/c13-10-5-4-8-12(9-10)14-11-6-2-1-3-7-11/h10-12H,1-9,13H2. The molecule has 0 aromatic carbocycles. The SMILES string of the molecule is NC1CCCC(OC2CCCCC2)C1. The molecule has 2 fully saturated rings. The molecular formula is C12H23NO. The van der Waals surface area contributed by atoms with E-state index < -0.39 is 0 Å². The van der Waals surface area contributed by atoms with E-state index in [-0.39, 0.29) is 0 Å². The Morgan fingerprint density at radius 2 is 1.50 bits per heavy atom. The fourth-order valence-corrected chi connectivity index (χ4v) is 2.78. The van der Waals surface area contributed by atoms with Crippen molar-refractivity contribution in [2.45, 2.75) is 76.0 Å². The van der Waals surface area contributed by atoms with E-state index in [0.29, 0.717) is 18.2 Å². The molecule has 82 valence electrons. The van der Waals surface area contributed by atoms with Crippen molar-refractivity contribution in [2.75, 3.05) is 0 Å². The maximum Gasteiger partial charge on any atom is 0.0593 e. The van der Waals surface area contributed by atoms with Gasteiger partial charge in [-0.1, -0.05) is 19.3 Å². The highest BCUT2D eigenvalue weighted by molar-refractivity contribution is 4.77. The van der Waals surface area contributed by atoms with Gasteiger partial charge in [-0.2, -0.15) is 0 Å². The second kappa shape index (κ2) is 5.13. The van der Waals surface area contributed by atoms with Gasteiger partial charge in [0, 0.05) is 6.04 Å². The summed E-state index contributed by atoms with van der Waals surface area (Å²) in [5.41, 5.74) is 5.95. The third-order valence-corrected chi connectivity index (χ3v) is 3.60. The largest absolute Gasteiger partial charge is 0.375 e. The van der Waals surface area contributed by atoms with Gasteiger partial charge in [0.2, 0.25) is 0 Å². The van der Waals surface area contributed by atoms with Gasteiger partial charge in [-0.05, 0) is 38.5 Å². The fourth-order valence-electron chi connectivity index (χ4n) is 2.78. The summed E-state index contributed by atoms with van der Waals surface area (Å²) in [5, 5.41) is 0. The Balaban J connectivity index is 1.72. The van der Waals surface area contributed by atoms with Crippen LogP contribution in [0.1, 0.15) is 57.8 Å². The molecular weight excluding hydrogens is 174 g/mol. The van der Waals surface area contributed by atoms with Crippen LogP contribution < -0.4 is 5.73 Å². The van der Waals surface area contributed by atoms with Crippen molar-refractivity contribution in [3.05, 3.63) is 0 Å². The molecule has 2 rings (SSSR count). The van der Waals surface area contributed by atoms with E-state index in [0.717, 1.165) is 6.42 Å². The van der Waals surface area contributed by atoms with Crippen molar-refractivity contribution in [3.63, 3.8) is 0 Å². The molecule has 0 amide bonds. The molecule has 2 heteroatoms. The molecule has 0 bridgehead atoms. The molecule has 0 radical (unpaired) electrons. The average molecular weight is 197 g/mol. The van der Waals surface area contributed by atoms with E-state index in [2.05, 4.69) is 0 Å². The molecule has 2 saturated carbocycles. The third kappa shape index (κ3) is 2.96. The van der Waals surface area contributed by atoms with Crippen LogP contribution in [0.15, 0.2) is 0 Å². The van der Waals surface area contributed by atoms with E-state index in [1.54, 1.807) is 0 Å². The molecule has 0 spiro atoms. The summed E-state index contributed by atoms with van der Waals surface area (Å²) >= 11 is 0. The van der Waals surface area contributed by atoms with Gasteiger partial charge < -0.3 is 10.5 Å². The summed E-state index contributed by atoms with van der Waals surface area (Å²) in [6.07, 6.45) is 12.5. The molecule has 0 aromatic rings. The van der Waals surface area contributed by atoms with E-state index in [1.165, 1.54) is 51.4 Å². The van der Waals surface area contributed by atoms with Gasteiger partial charge in [0.1, 0.15) is 0 Å². The zero-order valence-electron chi connectivity index (χ0n) is 9.08. The molecule has 0 heterocycles. The Hall–Kier alpha value is -0.0800. The summed E-state index contributed by atoms with van der Waals surface area (Å²) in [4.78, 5) is 0. The van der Waals surface area contributed by atoms with Gasteiger partial charge in [-0.25, -0.2) is 0 Å². The maximum atomic E-state index is 6.12. The lowest BCUT2D eigenvalue weighted by Crippen LogP contribution is -2.34. The number of nitrogens with two attached hydrogens (primary N) is 1. The molecule has 0 aliphatic heterocycles. The van der Waals surface area contributed by atoms with Crippen LogP contribution in [0, 0.1) is 0 Å². The smallest absolute Gasteiger partial charge is 0.0593 e. The zero-order chi connectivity index (χ0) is 9.80. The number of ether oxygens (including phenoxy) is 1. The summed E-state index contributed by atoms with van der Waals surface area (Å²) < 4.78 is 6.12. The molecule has 2 N–H and O–H groups in total. The van der Waals surface area contributed by atoms with Crippen LogP contribution in [0.3, 0.4) is 0 Å². The monoisotopic (exact) mass is 197 g/mol. The minimum Gasteiger partial charge on any atom is -0.375 e. The topological polar surface area (TPSA) is 35.2 Å². The van der Waals surface area contributed by atoms with Gasteiger partial charge in [0.15, 0.2) is 0 Å². The number of hydrogen-bond acceptors (Lipinski definition) is 2. The molecule has 2 atom stereocenters. The first-order valence-corrected chi connectivity index (χ1v) is 6.25. The van der Waals surface area contributed by atoms with Crippen LogP contribution in [-0.2, 0) is 4.74 Å². The highest BCUT2D eigenvalue weighted by Gasteiger charge is 2.23. The minimum atomic E-state index is 0.400. The van der Waals surface area contributed by atoms with E-state index in [1.807, 2.05) is 0 Å². The lowest BCUT2D eigenvalue weighted by molar-refractivity contribution is -0.0478. The first-order chi connectivity index (χ1) is 6.84. The quantitative estimate of drug-likeness (QED) is 0.738. The van der Waals surface area contributed by atoms with E-state index in [4.69, 9.17) is 10.5 Å². The second-order valence-electron chi connectivity index (χ2n) is 4.94. The number of hydrogen-bond donors (Lipinski definition) is 1. The van der Waals surface area contributed by atoms with Crippen LogP contribution in [0.4, 0.5) is 0 Å². The van der Waals surface area contributed by atoms with Crippen molar-refractivity contribution in [1.82, 2.24) is 0 Å². The zero-order valence-corrected chi connectivity index (χ0v) is 9.08. The first kappa shape index (κ1) is 10.4. The van der Waals surface area contributed by atoms with Crippen molar-refractivity contribution >= 4 is 0 Å². The molecule has 2 aliphatic rings. The van der Waals surface area contributed by atoms with Gasteiger partial charge in [-0.15, -0.1) is 0 Å². The predicted molar refractivity (Wildman–Crippen MR) is 58.2 cm³/mol. The van der Waals surface area contributed by atoms with Crippen molar-refractivity contribution < 1.29 is 4.74 Å². The summed E-state index contributed by atoms with van der Waals surface area (Å²) in [5.74, 6) is 0. The van der Waals surface area contributed by atoms with Gasteiger partial charge in [0.25, 0.3) is 0 Å². The summed E-state index contributed by atoms with van der Waals surface area (Å²) in [6, 6.07) is 0.400. The Morgan fingerprint density at radius 3 is 2.21 bits per heavy atom. The van der Waals surface area contributed by atoms with Crippen molar-refractivity contribution in [3.8, 4) is 0 Å². The molecule has 14 heavy (non-hydrogen) atoms. The van der Waals surface area contributed by atoms with Crippen LogP contribution in [0.2, 0.25) is 0 Å². The molecule has 2 nitrogen and oxygen atoms in total. The summed E-state index contributed by atoms with van der Waals surface area (Å²) in [7, 11) is 0. The summed E-state index contributed by atoms with van der Waals surface area (Å²) in [6.45, 7) is 0. The van der Waals surface area contributed by atoms with Crippen LogP contribution >= 0.6 is 0 Å². The normalized spacial score (nSPS) is 35.8. The van der Waals surface area contributed by atoms with Crippen LogP contribution in [0.5, 0.6) is 0 Å². The van der Waals surface area contributed by atoms with Crippen molar-refractivity contribution in [1.29, 1.82) is 0 Å². The predicted octanol–water partition coefficient (Wildman–Crippen LogP) is 2.61. The van der Waals surface area contributed by atoms with E-state index >= 15 is 0 Å². The Labute approximate surface area is 87.2 Å². The van der Waals surface area contributed by atoms with Gasteiger partial charge in [0.05, 0.1) is 12.2 Å². The molecule has 2 aliphatic carbocycles. The highest BCUT2D eigenvalue weighted by Crippen LogP contribution is 2.26. The average Bonchev–Trinajstić information content (AvgIpc) is 2.19. The highest BCUT2D eigenvalue weighted by atomic mass is 16.5. The third-order valence-electron chi connectivity index (χ3n) is 3.60. The minimum absolute atomic E-state index is 0.400. The van der Waals surface area contributed by atoms with E-state index in [9.17, 15) is 0 Å². The Kier molecular flexibility index (Phi) is 3.82. The Morgan fingerprint density at radius 1 is 0.786 bits per heavy atom. The van der Waals surface area contributed by atoms with Crippen LogP contribution in [-0.4, -0.2) is 18.2 Å². The lowest BCUT2D eigenvalue weighted by atomic mass is 9.92. The molecule has 0 saturated heterocycles. The van der Waals surface area contributed by atoms with Crippen LogP contribution in [0.25, 0.3) is 0 Å². The van der Waals surface area contributed by atoms with Crippen molar-refractivity contribution in [2.24, 2.45) is 5.73 Å². The lowest BCUT2D eigenvalue weighted by Gasteiger charge is -2.32. The first-order valence-electron chi connectivity index (χ1n) is 6.25. The molecule has 2 unspecified atom stereocenters. The van der Waals surface area contributed by atoms with Gasteiger partial charge in [-0.3, -0.25) is 0 Å². The van der Waals surface area contributed by atoms with Gasteiger partial charge >= 0.3 is 0 Å².